The molecule has 2 amide bonds. The first-order chi connectivity index (χ1) is 16.6. The van der Waals surface area contributed by atoms with Gasteiger partial charge in [-0.05, 0) is 56.4 Å². The summed E-state index contributed by atoms with van der Waals surface area (Å²) >= 11 is 0. The second-order valence-electron chi connectivity index (χ2n) is 9.80. The third-order valence-electron chi connectivity index (χ3n) is 7.69. The van der Waals surface area contributed by atoms with E-state index in [2.05, 4.69) is 10.2 Å². The average Bonchev–Trinajstić information content (AvgIpc) is 3.48. The summed E-state index contributed by atoms with van der Waals surface area (Å²) in [5.74, 6) is 2.04. The number of nitrogens with one attached hydrogen (secondary N) is 1. The van der Waals surface area contributed by atoms with Crippen LogP contribution in [0, 0.1) is 12.8 Å². The van der Waals surface area contributed by atoms with E-state index in [1.54, 1.807) is 0 Å². The molecule has 4 atom stereocenters. The van der Waals surface area contributed by atoms with Crippen LogP contribution in [0.1, 0.15) is 60.0 Å². The molecule has 0 spiro atoms. The van der Waals surface area contributed by atoms with Crippen molar-refractivity contribution in [2.75, 3.05) is 32.8 Å². The third kappa shape index (κ3) is 4.77. The lowest BCUT2D eigenvalue weighted by atomic mass is 9.84. The molecule has 0 bridgehead atoms. The van der Waals surface area contributed by atoms with Crippen LogP contribution in [0.4, 0.5) is 0 Å². The van der Waals surface area contributed by atoms with E-state index < -0.39 is 6.04 Å². The lowest BCUT2D eigenvalue weighted by molar-refractivity contribution is -0.125. The molecule has 4 unspecified atom stereocenters. The molecule has 1 aromatic heterocycles. The Morgan fingerprint density at radius 1 is 1.06 bits per heavy atom. The van der Waals surface area contributed by atoms with Gasteiger partial charge in [0.2, 0.25) is 5.91 Å². The van der Waals surface area contributed by atoms with Crippen molar-refractivity contribution < 1.29 is 18.7 Å². The molecule has 182 valence electrons. The SMILES string of the molecule is Cc1ccc(C(CNC(=O)C2CC3CCCCC3N2C(=O)c2ccccc2)N2CCOCC2)o1. The molecule has 1 N–H and O–H groups in total. The van der Waals surface area contributed by atoms with E-state index in [9.17, 15) is 9.59 Å². The summed E-state index contributed by atoms with van der Waals surface area (Å²) in [6.07, 6.45) is 5.12. The Morgan fingerprint density at radius 3 is 2.56 bits per heavy atom. The van der Waals surface area contributed by atoms with Crippen LogP contribution in [-0.2, 0) is 9.53 Å². The Hall–Kier alpha value is -2.64. The van der Waals surface area contributed by atoms with E-state index in [4.69, 9.17) is 9.15 Å². The second-order valence-corrected chi connectivity index (χ2v) is 9.80. The van der Waals surface area contributed by atoms with Crippen molar-refractivity contribution in [1.82, 2.24) is 15.1 Å². The van der Waals surface area contributed by atoms with Gasteiger partial charge in [0.1, 0.15) is 17.6 Å². The third-order valence-corrected chi connectivity index (χ3v) is 7.69. The van der Waals surface area contributed by atoms with Crippen molar-refractivity contribution in [1.29, 1.82) is 0 Å². The Bertz CT molecular complexity index is 985. The number of carbonyl (C=O) groups excluding carboxylic acids is 2. The van der Waals surface area contributed by atoms with Gasteiger partial charge in [-0.15, -0.1) is 0 Å². The van der Waals surface area contributed by atoms with Gasteiger partial charge in [-0.1, -0.05) is 31.0 Å². The van der Waals surface area contributed by atoms with E-state index in [1.807, 2.05) is 54.3 Å². The lowest BCUT2D eigenvalue weighted by Crippen LogP contribution is -2.51. The van der Waals surface area contributed by atoms with Crippen LogP contribution in [0.15, 0.2) is 46.9 Å². The molecular formula is C27H35N3O4. The van der Waals surface area contributed by atoms with Crippen molar-refractivity contribution in [3.63, 3.8) is 0 Å². The predicted octanol–water partition coefficient (Wildman–Crippen LogP) is 3.55. The van der Waals surface area contributed by atoms with Gasteiger partial charge in [-0.2, -0.15) is 0 Å². The zero-order valence-electron chi connectivity index (χ0n) is 19.9. The van der Waals surface area contributed by atoms with E-state index >= 15 is 0 Å². The number of ether oxygens (including phenoxy) is 1. The number of aryl methyl sites for hydroxylation is 1. The number of furan rings is 1. The number of hydrogen-bond donors (Lipinski definition) is 1. The van der Waals surface area contributed by atoms with Crippen molar-refractivity contribution in [3.05, 3.63) is 59.5 Å². The van der Waals surface area contributed by atoms with E-state index in [1.165, 1.54) is 6.42 Å². The number of carbonyl (C=O) groups is 2. The number of nitrogens with zero attached hydrogens (tertiary/aromatic N) is 2. The normalized spacial score (nSPS) is 26.1. The summed E-state index contributed by atoms with van der Waals surface area (Å²) in [6, 6.07) is 13.0. The molecular weight excluding hydrogens is 430 g/mol. The summed E-state index contributed by atoms with van der Waals surface area (Å²) < 4.78 is 11.5. The lowest BCUT2D eigenvalue weighted by Gasteiger charge is -2.35. The number of likely N-dealkylation sites (tertiary alicyclic amines) is 1. The quantitative estimate of drug-likeness (QED) is 0.706. The van der Waals surface area contributed by atoms with Gasteiger partial charge in [-0.25, -0.2) is 0 Å². The standard InChI is InChI=1S/C27H35N3O4/c1-19-11-12-25(34-19)24(29-13-15-33-16-14-29)18-28-26(31)23-17-21-9-5-6-10-22(21)30(23)27(32)20-7-3-2-4-8-20/h2-4,7-8,11-12,21-24H,5-6,9-10,13-18H2,1H3,(H,28,31). The molecule has 0 radical (unpaired) electrons. The van der Waals surface area contributed by atoms with Gasteiger partial charge in [0.05, 0.1) is 19.3 Å². The van der Waals surface area contributed by atoms with Crippen LogP contribution in [0.25, 0.3) is 0 Å². The predicted molar refractivity (Wildman–Crippen MR) is 128 cm³/mol. The molecule has 3 aliphatic rings. The first kappa shape index (κ1) is 23.1. The number of benzene rings is 1. The van der Waals surface area contributed by atoms with Crippen molar-refractivity contribution in [3.8, 4) is 0 Å². The van der Waals surface area contributed by atoms with Crippen LogP contribution in [-0.4, -0.2) is 66.5 Å². The van der Waals surface area contributed by atoms with Crippen LogP contribution in [0.2, 0.25) is 0 Å². The number of fused-ring (bicyclic) bond motifs is 1. The zero-order valence-corrected chi connectivity index (χ0v) is 19.9. The molecule has 5 rings (SSSR count). The Morgan fingerprint density at radius 2 is 1.82 bits per heavy atom. The van der Waals surface area contributed by atoms with Crippen molar-refractivity contribution in [2.24, 2.45) is 5.92 Å². The summed E-state index contributed by atoms with van der Waals surface area (Å²) in [5, 5.41) is 3.20. The molecule has 7 heteroatoms. The molecule has 2 aromatic rings. The fourth-order valence-corrected chi connectivity index (χ4v) is 5.96. The smallest absolute Gasteiger partial charge is 0.254 e. The summed E-state index contributed by atoms with van der Waals surface area (Å²) in [4.78, 5) is 31.3. The molecule has 3 fully saturated rings. The topological polar surface area (TPSA) is 75.0 Å². The van der Waals surface area contributed by atoms with Crippen molar-refractivity contribution in [2.45, 2.75) is 57.2 Å². The second kappa shape index (κ2) is 10.3. The highest BCUT2D eigenvalue weighted by Crippen LogP contribution is 2.40. The minimum atomic E-state index is -0.426. The number of rotatable bonds is 6. The maximum absolute atomic E-state index is 13.6. The van der Waals surface area contributed by atoms with Gasteiger partial charge in [-0.3, -0.25) is 14.5 Å². The van der Waals surface area contributed by atoms with Crippen LogP contribution < -0.4 is 5.32 Å². The Kier molecular flexibility index (Phi) is 7.02. The van der Waals surface area contributed by atoms with Crippen LogP contribution in [0.3, 0.4) is 0 Å². The summed E-state index contributed by atoms with van der Waals surface area (Å²) in [7, 11) is 0. The molecule has 3 heterocycles. The van der Waals surface area contributed by atoms with Crippen LogP contribution in [0.5, 0.6) is 0 Å². The van der Waals surface area contributed by atoms with Gasteiger partial charge < -0.3 is 19.4 Å². The number of amides is 2. The highest BCUT2D eigenvalue weighted by molar-refractivity contribution is 5.98. The maximum atomic E-state index is 13.6. The van der Waals surface area contributed by atoms with Gasteiger partial charge in [0, 0.05) is 31.2 Å². The van der Waals surface area contributed by atoms with Gasteiger partial charge >= 0.3 is 0 Å². The fourth-order valence-electron chi connectivity index (χ4n) is 5.96. The first-order valence-corrected chi connectivity index (χ1v) is 12.7. The minimum Gasteiger partial charge on any atom is -0.465 e. The number of morpholine rings is 1. The highest BCUT2D eigenvalue weighted by atomic mass is 16.5. The first-order valence-electron chi connectivity index (χ1n) is 12.7. The highest BCUT2D eigenvalue weighted by Gasteiger charge is 2.47. The maximum Gasteiger partial charge on any atom is 0.254 e. The summed E-state index contributed by atoms with van der Waals surface area (Å²) in [5.41, 5.74) is 0.656. The largest absolute Gasteiger partial charge is 0.465 e. The van der Waals surface area contributed by atoms with Gasteiger partial charge in [0.25, 0.3) is 5.91 Å². The molecule has 1 saturated carbocycles. The fraction of sp³-hybridized carbons (Fsp3) is 0.556. The zero-order chi connectivity index (χ0) is 23.5. The van der Waals surface area contributed by atoms with E-state index in [-0.39, 0.29) is 23.9 Å². The molecule has 2 aliphatic heterocycles. The summed E-state index contributed by atoms with van der Waals surface area (Å²) in [6.45, 7) is 5.33. The molecule has 7 nitrogen and oxygen atoms in total. The molecule has 34 heavy (non-hydrogen) atoms. The monoisotopic (exact) mass is 465 g/mol. The van der Waals surface area contributed by atoms with Gasteiger partial charge in [0.15, 0.2) is 0 Å². The molecule has 1 aliphatic carbocycles. The molecule has 1 aromatic carbocycles. The van der Waals surface area contributed by atoms with Crippen LogP contribution >= 0.6 is 0 Å². The average molecular weight is 466 g/mol. The Balaban J connectivity index is 1.33. The number of hydrogen-bond acceptors (Lipinski definition) is 5. The van der Waals surface area contributed by atoms with E-state index in [0.29, 0.717) is 31.2 Å². The Labute approximate surface area is 201 Å². The van der Waals surface area contributed by atoms with E-state index in [0.717, 1.165) is 50.3 Å². The van der Waals surface area contributed by atoms with Crippen molar-refractivity contribution >= 4 is 11.8 Å². The minimum absolute atomic E-state index is 0.0264. The molecule has 2 saturated heterocycles.